The molecule has 1 saturated carbocycles. The number of nitrogens with one attached hydrogen (secondary N) is 1. The van der Waals surface area contributed by atoms with Crippen LogP contribution < -0.4 is 10.2 Å². The Bertz CT molecular complexity index is 815. The summed E-state index contributed by atoms with van der Waals surface area (Å²) in [5.74, 6) is 1.42. The lowest BCUT2D eigenvalue weighted by Gasteiger charge is -2.34. The van der Waals surface area contributed by atoms with Gasteiger partial charge in [-0.05, 0) is 37.1 Å². The summed E-state index contributed by atoms with van der Waals surface area (Å²) in [7, 11) is -3.08. The molecule has 4 rings (SSSR count). The first-order chi connectivity index (χ1) is 12.1. The van der Waals surface area contributed by atoms with Crippen molar-refractivity contribution in [1.82, 2.24) is 19.5 Å². The zero-order chi connectivity index (χ0) is 17.3. The molecule has 25 heavy (non-hydrogen) atoms. The summed E-state index contributed by atoms with van der Waals surface area (Å²) in [5, 5.41) is 11.5. The molecule has 9 heteroatoms. The molecule has 0 spiro atoms. The van der Waals surface area contributed by atoms with Crippen LogP contribution in [-0.2, 0) is 10.0 Å². The summed E-state index contributed by atoms with van der Waals surface area (Å²) < 4.78 is 26.2. The predicted octanol–water partition coefficient (Wildman–Crippen LogP) is 1.23. The zero-order valence-electron chi connectivity index (χ0n) is 13.7. The van der Waals surface area contributed by atoms with Gasteiger partial charge in [-0.25, -0.2) is 8.42 Å². The van der Waals surface area contributed by atoms with Crippen LogP contribution in [0.1, 0.15) is 12.8 Å². The first-order valence-corrected chi connectivity index (χ1v) is 9.88. The number of hydrogen-bond donors (Lipinski definition) is 1. The lowest BCUT2D eigenvalue weighted by Crippen LogP contribution is -2.49. The van der Waals surface area contributed by atoms with Crippen LogP contribution in [0.25, 0.3) is 0 Å². The number of pyridine rings is 1. The third kappa shape index (κ3) is 3.57. The number of rotatable bonds is 5. The maximum Gasteiger partial charge on any atom is 0.217 e. The van der Waals surface area contributed by atoms with Crippen molar-refractivity contribution in [2.24, 2.45) is 0 Å². The van der Waals surface area contributed by atoms with E-state index in [2.05, 4.69) is 25.4 Å². The monoisotopic (exact) mass is 360 g/mol. The van der Waals surface area contributed by atoms with Crippen molar-refractivity contribution in [3.63, 3.8) is 0 Å². The van der Waals surface area contributed by atoms with Gasteiger partial charge in [-0.1, -0.05) is 0 Å². The molecule has 0 radical (unpaired) electrons. The highest BCUT2D eigenvalue weighted by molar-refractivity contribution is 7.90. The van der Waals surface area contributed by atoms with E-state index >= 15 is 0 Å². The minimum atomic E-state index is -3.08. The van der Waals surface area contributed by atoms with Gasteiger partial charge < -0.3 is 10.2 Å². The van der Waals surface area contributed by atoms with Crippen LogP contribution in [0.2, 0.25) is 0 Å². The molecule has 1 aliphatic heterocycles. The van der Waals surface area contributed by atoms with Crippen molar-refractivity contribution >= 4 is 27.3 Å². The van der Waals surface area contributed by atoms with Crippen molar-refractivity contribution < 1.29 is 8.42 Å². The van der Waals surface area contributed by atoms with E-state index in [1.165, 1.54) is 0 Å². The minimum absolute atomic E-state index is 0.141. The molecule has 0 aromatic carbocycles. The Kier molecular flexibility index (Phi) is 4.26. The number of hydrogen-bond acceptors (Lipinski definition) is 7. The Morgan fingerprint density at radius 1 is 0.960 bits per heavy atom. The summed E-state index contributed by atoms with van der Waals surface area (Å²) in [6.45, 7) is 2.30. The van der Waals surface area contributed by atoms with Crippen LogP contribution >= 0.6 is 0 Å². The zero-order valence-corrected chi connectivity index (χ0v) is 14.6. The molecule has 2 aromatic heterocycles. The fourth-order valence-corrected chi connectivity index (χ4v) is 4.72. The van der Waals surface area contributed by atoms with Gasteiger partial charge in [0.25, 0.3) is 0 Å². The van der Waals surface area contributed by atoms with Gasteiger partial charge in [0.15, 0.2) is 11.6 Å². The summed E-state index contributed by atoms with van der Waals surface area (Å²) >= 11 is 0. The molecule has 0 bridgehead atoms. The molecule has 0 atom stereocenters. The second kappa shape index (κ2) is 6.57. The molecular weight excluding hydrogens is 340 g/mol. The highest BCUT2D eigenvalue weighted by atomic mass is 32.2. The molecule has 0 unspecified atom stereocenters. The van der Waals surface area contributed by atoms with Crippen molar-refractivity contribution in [3.05, 3.63) is 36.7 Å². The van der Waals surface area contributed by atoms with Crippen LogP contribution in [0, 0.1) is 0 Å². The Labute approximate surface area is 146 Å². The standard InChI is InChI=1S/C16H20N6O2S/c23-25(24,14-1-2-14)22-11-9-21(10-12-22)16-4-3-15(19-20-16)18-13-5-7-17-8-6-13/h3-8,14H,1-2,9-12H2,(H,17,18,19). The summed E-state index contributed by atoms with van der Waals surface area (Å²) in [4.78, 5) is 6.04. The van der Waals surface area contributed by atoms with Crippen LogP contribution in [0.15, 0.2) is 36.7 Å². The maximum atomic E-state index is 12.3. The van der Waals surface area contributed by atoms with E-state index in [1.807, 2.05) is 24.3 Å². The summed E-state index contributed by atoms with van der Waals surface area (Å²) in [5.41, 5.74) is 0.899. The van der Waals surface area contributed by atoms with Gasteiger partial charge >= 0.3 is 0 Å². The SMILES string of the molecule is O=S(=O)(C1CC1)N1CCN(c2ccc(Nc3ccncc3)nn2)CC1. The molecule has 0 amide bonds. The molecule has 2 fully saturated rings. The number of anilines is 3. The Hall–Kier alpha value is -2.26. The van der Waals surface area contributed by atoms with Gasteiger partial charge in [0, 0.05) is 44.3 Å². The van der Waals surface area contributed by atoms with Crippen molar-refractivity contribution in [3.8, 4) is 0 Å². The third-order valence-corrected chi connectivity index (χ3v) is 6.87. The smallest absolute Gasteiger partial charge is 0.217 e. The number of nitrogens with zero attached hydrogens (tertiary/aromatic N) is 5. The fourth-order valence-electron chi connectivity index (χ4n) is 2.89. The van der Waals surface area contributed by atoms with Crippen molar-refractivity contribution in [1.29, 1.82) is 0 Å². The average molecular weight is 360 g/mol. The molecular formula is C16H20N6O2S. The van der Waals surface area contributed by atoms with Crippen molar-refractivity contribution in [2.45, 2.75) is 18.1 Å². The first kappa shape index (κ1) is 16.2. The number of piperazine rings is 1. The molecule has 1 aliphatic carbocycles. The molecule has 1 saturated heterocycles. The lowest BCUT2D eigenvalue weighted by atomic mass is 10.3. The van der Waals surface area contributed by atoms with Crippen LogP contribution in [0.4, 0.5) is 17.3 Å². The van der Waals surface area contributed by atoms with Crippen LogP contribution in [0.3, 0.4) is 0 Å². The highest BCUT2D eigenvalue weighted by Gasteiger charge is 2.41. The van der Waals surface area contributed by atoms with Crippen LogP contribution in [0.5, 0.6) is 0 Å². The average Bonchev–Trinajstić information content (AvgIpc) is 3.49. The normalized spacial score (nSPS) is 19.0. The molecule has 2 aliphatic rings. The maximum absolute atomic E-state index is 12.3. The van der Waals surface area contributed by atoms with E-state index in [9.17, 15) is 8.42 Å². The number of sulfonamides is 1. The first-order valence-electron chi connectivity index (χ1n) is 8.37. The third-order valence-electron chi connectivity index (χ3n) is 4.47. The Morgan fingerprint density at radius 3 is 2.28 bits per heavy atom. The quantitative estimate of drug-likeness (QED) is 0.857. The molecule has 132 valence electrons. The van der Waals surface area contributed by atoms with E-state index in [4.69, 9.17) is 0 Å². The van der Waals surface area contributed by atoms with Gasteiger partial charge in [0.2, 0.25) is 10.0 Å². The molecule has 1 N–H and O–H groups in total. The van der Waals surface area contributed by atoms with Crippen molar-refractivity contribution in [2.75, 3.05) is 36.4 Å². The largest absolute Gasteiger partial charge is 0.352 e. The van der Waals surface area contributed by atoms with E-state index in [0.717, 1.165) is 24.3 Å². The van der Waals surface area contributed by atoms with E-state index < -0.39 is 10.0 Å². The molecule has 2 aromatic rings. The second-order valence-corrected chi connectivity index (χ2v) is 8.48. The Morgan fingerprint density at radius 2 is 1.68 bits per heavy atom. The summed E-state index contributed by atoms with van der Waals surface area (Å²) in [6, 6.07) is 7.49. The predicted molar refractivity (Wildman–Crippen MR) is 95.3 cm³/mol. The van der Waals surface area contributed by atoms with Gasteiger partial charge in [0.05, 0.1) is 5.25 Å². The molecule has 3 heterocycles. The topological polar surface area (TPSA) is 91.3 Å². The van der Waals surface area contributed by atoms with Gasteiger partial charge in [-0.2, -0.15) is 4.31 Å². The molecule has 8 nitrogen and oxygen atoms in total. The summed E-state index contributed by atoms with van der Waals surface area (Å²) in [6.07, 6.45) is 5.03. The van der Waals surface area contributed by atoms with Gasteiger partial charge in [-0.15, -0.1) is 10.2 Å². The van der Waals surface area contributed by atoms with E-state index in [0.29, 0.717) is 32.0 Å². The van der Waals surface area contributed by atoms with E-state index in [-0.39, 0.29) is 5.25 Å². The van der Waals surface area contributed by atoms with Gasteiger partial charge in [-0.3, -0.25) is 4.98 Å². The Balaban J connectivity index is 1.37. The fraction of sp³-hybridized carbons (Fsp3) is 0.438. The van der Waals surface area contributed by atoms with Gasteiger partial charge in [0.1, 0.15) is 0 Å². The van der Waals surface area contributed by atoms with E-state index in [1.54, 1.807) is 16.7 Å². The second-order valence-electron chi connectivity index (χ2n) is 6.27. The highest BCUT2D eigenvalue weighted by Crippen LogP contribution is 2.31. The van der Waals surface area contributed by atoms with Crippen LogP contribution in [-0.4, -0.2) is 59.3 Å². The number of aromatic nitrogens is 3. The lowest BCUT2D eigenvalue weighted by molar-refractivity contribution is 0.383. The minimum Gasteiger partial charge on any atom is -0.352 e.